The number of thioether (sulfide) groups is 3. The van der Waals surface area contributed by atoms with Crippen LogP contribution in [0.4, 0.5) is 0 Å². The van der Waals surface area contributed by atoms with Crippen molar-refractivity contribution in [1.29, 1.82) is 5.41 Å². The van der Waals surface area contributed by atoms with E-state index in [0.717, 1.165) is 12.6 Å². The minimum Gasteiger partial charge on any atom is -0.494 e. The fourth-order valence-electron chi connectivity index (χ4n) is 12.1. The van der Waals surface area contributed by atoms with E-state index in [1.165, 1.54) is 40.2 Å². The van der Waals surface area contributed by atoms with E-state index in [0.29, 0.717) is 52.6 Å². The summed E-state index contributed by atoms with van der Waals surface area (Å²) in [7, 11) is 0. The second kappa shape index (κ2) is 45.1. The maximum Gasteiger partial charge on any atom is 0.305 e. The molecule has 4 heterocycles. The van der Waals surface area contributed by atoms with Gasteiger partial charge in [0.2, 0.25) is 65.0 Å². The van der Waals surface area contributed by atoms with Crippen LogP contribution >= 0.6 is 35.3 Å². The molecule has 0 unspecified atom stereocenters. The maximum absolute atomic E-state index is 15.3. The molecule has 38 heteroatoms. The zero-order valence-corrected chi connectivity index (χ0v) is 63.2. The topological polar surface area (TPSA) is 551 Å². The molecular weight excluding hydrogens is 1460 g/mol. The van der Waals surface area contributed by atoms with Gasteiger partial charge >= 0.3 is 11.9 Å². The molecule has 2 aromatic carbocycles. The average molecular weight is 1560 g/mol. The number of H-pyrrole nitrogens is 1. The molecule has 1 saturated heterocycles. The Bertz CT molecular complexity index is 3700. The molecule has 0 radical (unpaired) electrons. The molecule has 35 nitrogen and oxygen atoms in total. The predicted molar refractivity (Wildman–Crippen MR) is 404 cm³/mol. The first kappa shape index (κ1) is 87.1. The zero-order chi connectivity index (χ0) is 78.8. The van der Waals surface area contributed by atoms with E-state index in [2.05, 4.69) is 63.3 Å². The minimum atomic E-state index is -1.91. The number of primary amides is 2. The third-order valence-corrected chi connectivity index (χ3v) is 21.0. The molecule has 4 bridgehead atoms. The standard InChI is InChI=1S/C70H101N17O18S3/c1-4-39(2)59-68(102)83-50(31-42-33-76-45-15-8-7-14-44(42)45)65(99)79-47(16-11-19-55(71)88)62(96)80-48(20-21-57(90)91)63(97)84-52(60(72)94)37-107-35-40-28-41-30-43(29-40)104-25-9-5-6-10-26-105-77-34-56(89)78-46(17-12-23-75-70(73)74)61(95)85-53(38-108-36-41)69(103)87-24-13-18-54(87)67(101)81-49(22-27-106-3)64(98)82-51(32-58(92)93)66(100)86-59/h7-8,14-15,28-30,33-34,39,46-54,59,76H,4-6,9-13,16-27,31-32,35-38H2,1-3H3,(H2,71,88)(H2,72,94)(H,78,89)(H,79,99)(H,80,96)(H,81,101)(H,82,98)(H,83,102)(H,84,97)(H,85,95)(H,86,100)(H,90,91)(H,92,93)(H4,73,74,75)/b77-34+/t39-,46-,47-,48-,49-,50-,51-,52-,53-,54-,59-/m0/s1. The van der Waals surface area contributed by atoms with E-state index in [-0.39, 0.29) is 125 Å². The first-order valence-electron chi connectivity index (χ1n) is 35.9. The number of nitrogens with one attached hydrogen (secondary N) is 12. The highest BCUT2D eigenvalue weighted by molar-refractivity contribution is 7.99. The van der Waals surface area contributed by atoms with Crippen molar-refractivity contribution >= 4 is 141 Å². The monoisotopic (exact) mass is 1560 g/mol. The number of nitrogens with two attached hydrogens (primary N) is 3. The fraction of sp³-hybridized carbons (Fsp3) is 0.571. The van der Waals surface area contributed by atoms with Crippen LogP contribution in [0.25, 0.3) is 10.9 Å². The molecule has 6 rings (SSSR count). The number of carboxylic acids is 2. The normalized spacial score (nSPS) is 24.3. The van der Waals surface area contributed by atoms with Crippen LogP contribution in [0.15, 0.2) is 53.8 Å². The molecule has 108 heavy (non-hydrogen) atoms. The third kappa shape index (κ3) is 29.0. The van der Waals surface area contributed by atoms with Gasteiger partial charge in [0.1, 0.15) is 79.0 Å². The Balaban J connectivity index is 1.45. The van der Waals surface area contributed by atoms with Crippen molar-refractivity contribution in [3.8, 4) is 5.75 Å². The van der Waals surface area contributed by atoms with Crippen LogP contribution in [0, 0.1) is 11.3 Å². The first-order chi connectivity index (χ1) is 51.6. The number of benzene rings is 2. The van der Waals surface area contributed by atoms with Crippen molar-refractivity contribution in [3.63, 3.8) is 0 Å². The summed E-state index contributed by atoms with van der Waals surface area (Å²) in [4.78, 5) is 206. The van der Waals surface area contributed by atoms with E-state index in [1.54, 1.807) is 62.7 Å². The second-order valence-electron chi connectivity index (χ2n) is 26.5. The number of rotatable bonds is 21. The van der Waals surface area contributed by atoms with Gasteiger partial charge in [0.15, 0.2) is 5.96 Å². The number of oxime groups is 1. The van der Waals surface area contributed by atoms with Crippen LogP contribution in [0.1, 0.15) is 133 Å². The largest absolute Gasteiger partial charge is 0.494 e. The zero-order valence-electron chi connectivity index (χ0n) is 60.7. The molecule has 592 valence electrons. The number of aliphatic carboxylic acids is 2. The lowest BCUT2D eigenvalue weighted by molar-refractivity contribution is -0.143. The first-order valence-corrected chi connectivity index (χ1v) is 39.6. The van der Waals surface area contributed by atoms with Gasteiger partial charge in [0.25, 0.3) is 5.91 Å². The second-order valence-corrected chi connectivity index (χ2v) is 29.6. The van der Waals surface area contributed by atoms with Crippen molar-refractivity contribution in [2.75, 3.05) is 49.8 Å². The van der Waals surface area contributed by atoms with Gasteiger partial charge < -0.3 is 100 Å². The maximum atomic E-state index is 15.3. The molecule has 20 N–H and O–H groups in total. The summed E-state index contributed by atoms with van der Waals surface area (Å²) in [6, 6.07) is -2.86. The van der Waals surface area contributed by atoms with Crippen molar-refractivity contribution < 1.29 is 86.9 Å². The SMILES string of the molecule is CC[C@H](C)[C@@H]1NC(=O)[C@H](CC(=O)O)NC(=O)[C@H](CCSC)NC(=O)[C@@H]2CCCN2C(=O)[C@@H]2CSCc3cc(cc(c3)OCCCCCCO/N=C/C(=O)N[C@@H](CCCNC(=N)N)C(=O)N2)CSC[C@@H](C(N)=O)NC(=O)[C@H](CCC(=O)O)NC(=O)[C@H](CCCC(N)=O)NC(=O)[C@H](Cc2c[nH]c3ccccc23)NC1=O. The Morgan fingerprint density at radius 1 is 0.676 bits per heavy atom. The van der Waals surface area contributed by atoms with Gasteiger partial charge in [-0.15, -0.1) is 0 Å². The Morgan fingerprint density at radius 3 is 1.94 bits per heavy atom. The van der Waals surface area contributed by atoms with Crippen LogP contribution in [0.5, 0.6) is 5.75 Å². The van der Waals surface area contributed by atoms with Crippen LogP contribution in [0.3, 0.4) is 0 Å². The number of nitrogens with zero attached hydrogens (tertiary/aromatic N) is 2. The molecule has 3 aromatic rings. The number of guanidine groups is 1. The lowest BCUT2D eigenvalue weighted by atomic mass is 9.96. The number of hydrogen-bond donors (Lipinski definition) is 17. The van der Waals surface area contributed by atoms with Crippen molar-refractivity contribution in [2.45, 2.75) is 195 Å². The van der Waals surface area contributed by atoms with Gasteiger partial charge in [-0.25, -0.2) is 0 Å². The van der Waals surface area contributed by atoms with Crippen LogP contribution < -0.4 is 75.1 Å². The number of carbonyl (C=O) groups is 14. The van der Waals surface area contributed by atoms with Crippen LogP contribution in [-0.2, 0) is 89.9 Å². The number of aromatic nitrogens is 1. The highest BCUT2D eigenvalue weighted by atomic mass is 32.2. The summed E-state index contributed by atoms with van der Waals surface area (Å²) in [6.07, 6.45) is 4.22. The number of ether oxygens (including phenoxy) is 1. The number of amides is 12. The molecule has 1 aromatic heterocycles. The molecule has 11 atom stereocenters. The van der Waals surface area contributed by atoms with Crippen molar-refractivity contribution in [2.24, 2.45) is 28.3 Å². The molecule has 0 saturated carbocycles. The summed E-state index contributed by atoms with van der Waals surface area (Å²) < 4.78 is 6.29. The van der Waals surface area contributed by atoms with E-state index >= 15 is 9.59 Å². The van der Waals surface area contributed by atoms with Crippen molar-refractivity contribution in [1.82, 2.24) is 63.1 Å². The van der Waals surface area contributed by atoms with Gasteiger partial charge in [-0.3, -0.25) is 72.5 Å². The molecule has 1 fully saturated rings. The number of para-hydroxylation sites is 1. The van der Waals surface area contributed by atoms with Gasteiger partial charge in [-0.05, 0) is 130 Å². The van der Waals surface area contributed by atoms with Gasteiger partial charge in [0.05, 0.1) is 13.0 Å². The Morgan fingerprint density at radius 2 is 1.28 bits per heavy atom. The summed E-state index contributed by atoms with van der Waals surface area (Å²) >= 11 is 3.68. The molecule has 0 aliphatic carbocycles. The Hall–Kier alpha value is -9.85. The van der Waals surface area contributed by atoms with Crippen LogP contribution in [0.2, 0.25) is 0 Å². The highest BCUT2D eigenvalue weighted by Crippen LogP contribution is 2.28. The summed E-state index contributed by atoms with van der Waals surface area (Å²) in [5.74, 6) is -14.4. The Kier molecular flexibility index (Phi) is 36.3. The summed E-state index contributed by atoms with van der Waals surface area (Å²) in [5, 5.41) is 58.4. The van der Waals surface area contributed by atoms with E-state index in [9.17, 15) is 67.7 Å². The quantitative estimate of drug-likeness (QED) is 0.0371. The van der Waals surface area contributed by atoms with Crippen molar-refractivity contribution in [3.05, 3.63) is 65.4 Å². The van der Waals surface area contributed by atoms with E-state index in [1.807, 2.05) is 6.07 Å². The van der Waals surface area contributed by atoms with Gasteiger partial charge in [-0.1, -0.05) is 49.7 Å². The van der Waals surface area contributed by atoms with Gasteiger partial charge in [0, 0.05) is 72.5 Å². The average Bonchev–Trinajstić information content (AvgIpc) is 1.65. The van der Waals surface area contributed by atoms with Crippen LogP contribution in [-0.4, -0.2) is 225 Å². The molecule has 0 spiro atoms. The predicted octanol–water partition coefficient (Wildman–Crippen LogP) is -0.257. The lowest BCUT2D eigenvalue weighted by Gasteiger charge is -2.31. The Labute approximate surface area is 637 Å². The van der Waals surface area contributed by atoms with E-state index < -0.39 is 168 Å². The van der Waals surface area contributed by atoms with E-state index in [4.69, 9.17) is 32.2 Å². The molecule has 12 amide bonds. The fourth-order valence-corrected chi connectivity index (χ4v) is 14.6. The molecule has 3 aliphatic heterocycles. The number of carbonyl (C=O) groups excluding carboxylic acids is 12. The summed E-state index contributed by atoms with van der Waals surface area (Å²) in [6.45, 7) is 3.83. The molecule has 3 aliphatic rings. The third-order valence-electron chi connectivity index (χ3n) is 18.1. The van der Waals surface area contributed by atoms with Gasteiger partial charge in [-0.2, -0.15) is 35.3 Å². The number of aromatic amines is 1. The smallest absolute Gasteiger partial charge is 0.305 e. The highest BCUT2D eigenvalue weighted by Gasteiger charge is 2.42. The number of carboxylic acid groups (broad SMARTS) is 2. The minimum absolute atomic E-state index is 0.00467. The lowest BCUT2D eigenvalue weighted by Crippen LogP contribution is -2.62. The summed E-state index contributed by atoms with van der Waals surface area (Å²) in [5.41, 5.74) is 19.4. The molecular formula is C70H101N17O18S3. The number of hydrogen-bond acceptors (Lipinski definition) is 21. The number of fused-ring (bicyclic) bond motifs is 7.